The van der Waals surface area contributed by atoms with Crippen LogP contribution in [0, 0.1) is 6.92 Å². The van der Waals surface area contributed by atoms with Gasteiger partial charge >= 0.3 is 0 Å². The highest BCUT2D eigenvalue weighted by Gasteiger charge is 2.29. The predicted molar refractivity (Wildman–Crippen MR) is 138 cm³/mol. The molecule has 11 heteroatoms. The Morgan fingerprint density at radius 2 is 1.94 bits per heavy atom. The zero-order valence-corrected chi connectivity index (χ0v) is 21.8. The van der Waals surface area contributed by atoms with E-state index in [0.29, 0.717) is 35.4 Å². The van der Waals surface area contributed by atoms with Gasteiger partial charge in [0.05, 0.1) is 28.6 Å². The molecule has 2 N–H and O–H groups in total. The van der Waals surface area contributed by atoms with E-state index < -0.39 is 10.0 Å². The number of sulfonamides is 1. The molecule has 4 heterocycles. The van der Waals surface area contributed by atoms with Crippen LogP contribution in [-0.2, 0) is 14.8 Å². The molecule has 0 spiro atoms. The summed E-state index contributed by atoms with van der Waals surface area (Å²) in [5.41, 5.74) is 2.97. The number of H-pyrrole nitrogens is 1. The molecule has 2 saturated heterocycles. The van der Waals surface area contributed by atoms with Crippen LogP contribution >= 0.6 is 0 Å². The first-order valence-corrected chi connectivity index (χ1v) is 13.8. The number of aryl methyl sites for hydroxylation is 1. The molecular formula is C25H33N7O3S. The summed E-state index contributed by atoms with van der Waals surface area (Å²) in [6, 6.07) is 7.07. The zero-order valence-electron chi connectivity index (χ0n) is 20.9. The predicted octanol–water partition coefficient (Wildman–Crippen LogP) is 3.14. The molecule has 10 nitrogen and oxygen atoms in total. The SMILES string of the molecule is Cc1cc(Nc2nccc(-c3cnc(C4CCOC(C)C4)[nH]3)n2)ccc1S(=O)(=O)N1CCN(C)CC1. The molecule has 3 aromatic rings. The van der Waals surface area contributed by atoms with Gasteiger partial charge in [0, 0.05) is 50.6 Å². The van der Waals surface area contributed by atoms with Crippen molar-refractivity contribution in [1.82, 2.24) is 29.1 Å². The van der Waals surface area contributed by atoms with Crippen LogP contribution in [-0.4, -0.2) is 83.5 Å². The Morgan fingerprint density at radius 1 is 1.14 bits per heavy atom. The van der Waals surface area contributed by atoms with Gasteiger partial charge in [-0.05, 0) is 63.6 Å². The number of nitrogens with zero attached hydrogens (tertiary/aromatic N) is 5. The number of imidazole rings is 1. The second-order valence-electron chi connectivity index (χ2n) is 9.66. The molecule has 192 valence electrons. The smallest absolute Gasteiger partial charge is 0.243 e. The van der Waals surface area contributed by atoms with Crippen LogP contribution in [0.2, 0.25) is 0 Å². The van der Waals surface area contributed by atoms with Crippen LogP contribution in [0.1, 0.15) is 37.1 Å². The normalized spacial score (nSPS) is 22.0. The number of rotatable bonds is 6. The number of aromatic nitrogens is 4. The minimum Gasteiger partial charge on any atom is -0.378 e. The van der Waals surface area contributed by atoms with Crippen LogP contribution in [0.25, 0.3) is 11.4 Å². The van der Waals surface area contributed by atoms with Gasteiger partial charge < -0.3 is 19.9 Å². The highest BCUT2D eigenvalue weighted by atomic mass is 32.2. The molecule has 2 aliphatic rings. The first-order valence-electron chi connectivity index (χ1n) is 12.4. The molecule has 2 aromatic heterocycles. The van der Waals surface area contributed by atoms with Crippen molar-refractivity contribution in [2.24, 2.45) is 0 Å². The van der Waals surface area contributed by atoms with Gasteiger partial charge in [-0.3, -0.25) is 0 Å². The van der Waals surface area contributed by atoms with Crippen molar-refractivity contribution in [3.63, 3.8) is 0 Å². The maximum Gasteiger partial charge on any atom is 0.243 e. The summed E-state index contributed by atoms with van der Waals surface area (Å²) in [5.74, 6) is 1.74. The molecule has 36 heavy (non-hydrogen) atoms. The molecule has 0 bridgehead atoms. The molecule has 0 amide bonds. The lowest BCUT2D eigenvalue weighted by molar-refractivity contribution is 0.0174. The van der Waals surface area contributed by atoms with Crippen molar-refractivity contribution in [2.75, 3.05) is 45.2 Å². The van der Waals surface area contributed by atoms with E-state index in [4.69, 9.17) is 4.74 Å². The van der Waals surface area contributed by atoms with Gasteiger partial charge in [-0.25, -0.2) is 23.4 Å². The number of hydrogen-bond donors (Lipinski definition) is 2. The number of aromatic amines is 1. The lowest BCUT2D eigenvalue weighted by Gasteiger charge is -2.31. The summed E-state index contributed by atoms with van der Waals surface area (Å²) < 4.78 is 33.6. The third-order valence-corrected chi connectivity index (χ3v) is 8.97. The van der Waals surface area contributed by atoms with E-state index >= 15 is 0 Å². The Labute approximate surface area is 212 Å². The average molecular weight is 512 g/mol. The Bertz CT molecular complexity index is 1320. The number of anilines is 2. The molecule has 2 unspecified atom stereocenters. The molecule has 5 rings (SSSR count). The monoisotopic (exact) mass is 511 g/mol. The van der Waals surface area contributed by atoms with E-state index in [0.717, 1.165) is 55.4 Å². The Balaban J connectivity index is 1.30. The Kier molecular flexibility index (Phi) is 7.07. The van der Waals surface area contributed by atoms with Crippen LogP contribution in [0.15, 0.2) is 41.6 Å². The van der Waals surface area contributed by atoms with Crippen molar-refractivity contribution in [1.29, 1.82) is 0 Å². The molecule has 0 saturated carbocycles. The number of benzene rings is 1. The van der Waals surface area contributed by atoms with Gasteiger partial charge in [-0.1, -0.05) is 0 Å². The molecule has 0 radical (unpaired) electrons. The number of hydrogen-bond acceptors (Lipinski definition) is 8. The van der Waals surface area contributed by atoms with Crippen molar-refractivity contribution < 1.29 is 13.2 Å². The van der Waals surface area contributed by atoms with Crippen LogP contribution < -0.4 is 5.32 Å². The summed E-state index contributed by atoms with van der Waals surface area (Å²) in [6.45, 7) is 7.13. The molecule has 2 aliphatic heterocycles. The van der Waals surface area contributed by atoms with E-state index in [-0.39, 0.29) is 6.10 Å². The highest BCUT2D eigenvalue weighted by molar-refractivity contribution is 7.89. The second kappa shape index (κ2) is 10.3. The van der Waals surface area contributed by atoms with Crippen molar-refractivity contribution >= 4 is 21.7 Å². The molecule has 0 aliphatic carbocycles. The summed E-state index contributed by atoms with van der Waals surface area (Å²) in [4.78, 5) is 19.5. The van der Waals surface area contributed by atoms with E-state index in [1.54, 1.807) is 22.6 Å². The minimum atomic E-state index is -3.53. The first-order chi connectivity index (χ1) is 17.3. The lowest BCUT2D eigenvalue weighted by Crippen LogP contribution is -2.47. The van der Waals surface area contributed by atoms with Gasteiger partial charge in [0.15, 0.2) is 0 Å². The average Bonchev–Trinajstić information content (AvgIpc) is 3.35. The molecule has 2 atom stereocenters. The van der Waals surface area contributed by atoms with Gasteiger partial charge in [0.2, 0.25) is 16.0 Å². The topological polar surface area (TPSA) is 116 Å². The van der Waals surface area contributed by atoms with Gasteiger partial charge in [-0.15, -0.1) is 0 Å². The summed E-state index contributed by atoms with van der Waals surface area (Å²) in [7, 11) is -1.53. The summed E-state index contributed by atoms with van der Waals surface area (Å²) in [5, 5.41) is 3.21. The fourth-order valence-electron chi connectivity index (χ4n) is 4.80. The van der Waals surface area contributed by atoms with E-state index in [9.17, 15) is 8.42 Å². The van der Waals surface area contributed by atoms with Crippen molar-refractivity contribution in [3.8, 4) is 11.4 Å². The van der Waals surface area contributed by atoms with Gasteiger partial charge in [0.1, 0.15) is 5.82 Å². The number of ether oxygens (including phenoxy) is 1. The zero-order chi connectivity index (χ0) is 25.3. The maximum absolute atomic E-state index is 13.2. The molecule has 1 aromatic carbocycles. The largest absolute Gasteiger partial charge is 0.378 e. The summed E-state index contributed by atoms with van der Waals surface area (Å²) >= 11 is 0. The number of nitrogens with one attached hydrogen (secondary N) is 2. The third kappa shape index (κ3) is 5.29. The molecular weight excluding hydrogens is 478 g/mol. The van der Waals surface area contributed by atoms with Gasteiger partial charge in [-0.2, -0.15) is 4.31 Å². The van der Waals surface area contributed by atoms with Crippen LogP contribution in [0.5, 0.6) is 0 Å². The second-order valence-corrected chi connectivity index (χ2v) is 11.6. The van der Waals surface area contributed by atoms with Crippen LogP contribution in [0.3, 0.4) is 0 Å². The van der Waals surface area contributed by atoms with E-state index in [1.807, 2.05) is 32.3 Å². The van der Waals surface area contributed by atoms with Crippen molar-refractivity contribution in [2.45, 2.75) is 43.6 Å². The minimum absolute atomic E-state index is 0.235. The number of likely N-dealkylation sites (N-methyl/N-ethyl adjacent to an activating group) is 1. The van der Waals surface area contributed by atoms with E-state index in [1.165, 1.54) is 0 Å². The lowest BCUT2D eigenvalue weighted by atomic mass is 9.96. The van der Waals surface area contributed by atoms with Crippen molar-refractivity contribution in [3.05, 3.63) is 48.0 Å². The van der Waals surface area contributed by atoms with E-state index in [2.05, 4.69) is 37.1 Å². The number of piperazine rings is 1. The molecule has 2 fully saturated rings. The Hall–Kier alpha value is -2.86. The standard InChI is InChI=1S/C25H33N7O3S/c1-17-14-20(4-5-23(17)36(33,34)32-11-9-31(3)10-12-32)28-25-26-8-6-21(30-25)22-16-27-24(29-22)19-7-13-35-18(2)15-19/h4-6,8,14,16,18-19H,7,9-13,15H2,1-3H3,(H,27,29)(H,26,28,30). The maximum atomic E-state index is 13.2. The Morgan fingerprint density at radius 3 is 2.69 bits per heavy atom. The van der Waals surface area contributed by atoms with Crippen LogP contribution in [0.4, 0.5) is 11.6 Å². The van der Waals surface area contributed by atoms with Gasteiger partial charge in [0.25, 0.3) is 0 Å². The fourth-order valence-corrected chi connectivity index (χ4v) is 6.43. The first kappa shape index (κ1) is 24.8. The fraction of sp³-hybridized carbons (Fsp3) is 0.480. The highest BCUT2D eigenvalue weighted by Crippen LogP contribution is 2.30. The quantitative estimate of drug-likeness (QED) is 0.519. The third-order valence-electron chi connectivity index (χ3n) is 6.91. The summed E-state index contributed by atoms with van der Waals surface area (Å²) in [6.07, 6.45) is 5.64.